The average Bonchev–Trinajstić information content (AvgIpc) is 2.90. The van der Waals surface area contributed by atoms with Gasteiger partial charge in [-0.05, 0) is 62.5 Å². The lowest BCUT2D eigenvalue weighted by Crippen LogP contribution is -2.59. The summed E-state index contributed by atoms with van der Waals surface area (Å²) in [6, 6.07) is 9.63. The Morgan fingerprint density at radius 1 is 1.07 bits per heavy atom. The summed E-state index contributed by atoms with van der Waals surface area (Å²) in [6.45, 7) is 22.6. The molecule has 4 rings (SSSR count). The summed E-state index contributed by atoms with van der Waals surface area (Å²) < 4.78 is 14.1. The molecule has 1 aliphatic rings. The van der Waals surface area contributed by atoms with Crippen LogP contribution in [0.5, 0.6) is 0 Å². The number of rotatable bonds is 6. The molecule has 2 aromatic heterocycles. The third-order valence-electron chi connectivity index (χ3n) is 8.32. The van der Waals surface area contributed by atoms with E-state index < -0.39 is 13.9 Å². The van der Waals surface area contributed by atoms with E-state index in [1.807, 2.05) is 51.1 Å². The minimum atomic E-state index is -2.10. The van der Waals surface area contributed by atoms with E-state index in [4.69, 9.17) is 14.1 Å². The molecule has 1 amide bonds. The third-order valence-corrected chi connectivity index (χ3v) is 12.8. The van der Waals surface area contributed by atoms with Gasteiger partial charge in [-0.1, -0.05) is 52.8 Å². The van der Waals surface area contributed by atoms with Gasteiger partial charge in [0.2, 0.25) is 0 Å². The summed E-state index contributed by atoms with van der Waals surface area (Å²) in [4.78, 5) is 39.9. The Kier molecular flexibility index (Phi) is 8.90. The summed E-state index contributed by atoms with van der Waals surface area (Å²) >= 11 is 0. The molecule has 0 aliphatic carbocycles. The van der Waals surface area contributed by atoms with Gasteiger partial charge in [0.05, 0.1) is 30.0 Å². The van der Waals surface area contributed by atoms with Crippen LogP contribution in [0.4, 0.5) is 10.6 Å². The summed E-state index contributed by atoms with van der Waals surface area (Å²) in [5, 5.41) is 0.851. The number of nitrogens with zero attached hydrogens (tertiary/aromatic N) is 5. The highest BCUT2D eigenvalue weighted by Gasteiger charge is 2.40. The number of anilines is 1. The third kappa shape index (κ3) is 6.70. The highest BCUT2D eigenvalue weighted by atomic mass is 28.4. The monoisotopic (exact) mass is 593 g/mol. The molecular weight excluding hydrogens is 546 g/mol. The van der Waals surface area contributed by atoms with Gasteiger partial charge in [-0.15, -0.1) is 0 Å². The van der Waals surface area contributed by atoms with Gasteiger partial charge >= 0.3 is 11.8 Å². The van der Waals surface area contributed by atoms with Crippen molar-refractivity contribution in [1.82, 2.24) is 19.4 Å². The molecule has 1 saturated heterocycles. The fraction of sp³-hybridized carbons (Fsp3) is 0.562. The minimum absolute atomic E-state index is 0.0260. The van der Waals surface area contributed by atoms with Gasteiger partial charge in [-0.25, -0.2) is 9.59 Å². The van der Waals surface area contributed by atoms with Crippen LogP contribution in [0, 0.1) is 0 Å². The molecule has 0 spiro atoms. The molecule has 42 heavy (non-hydrogen) atoms. The van der Waals surface area contributed by atoms with Crippen molar-refractivity contribution in [2.75, 3.05) is 31.1 Å². The molecule has 9 nitrogen and oxygen atoms in total. The molecular formula is C32H47N5O4Si. The fourth-order valence-corrected chi connectivity index (χ4v) is 6.02. The van der Waals surface area contributed by atoms with E-state index in [-0.39, 0.29) is 28.8 Å². The number of carbonyl (C=O) groups is 1. The first kappa shape index (κ1) is 31.7. The van der Waals surface area contributed by atoms with Crippen LogP contribution in [0.3, 0.4) is 0 Å². The van der Waals surface area contributed by atoms with Crippen molar-refractivity contribution in [1.29, 1.82) is 0 Å². The number of amides is 1. The standard InChI is InChI=1S/C32H47N5O4Si/c1-22(2)24-13-11-12-14-26(24)37-27-19-33-16-15-25(27)28(34-29(37)38)36-18-17-35(30(39)41-31(3,4)5)20-23(36)21-40-42(9,10)32(6,7)8/h11-16,19,22-23H,17-18,20-21H2,1-10H3. The topological polar surface area (TPSA) is 89.8 Å². The number of ether oxygens (including phenoxy) is 1. The quantitative estimate of drug-likeness (QED) is 0.308. The largest absolute Gasteiger partial charge is 0.444 e. The minimum Gasteiger partial charge on any atom is -0.444 e. The SMILES string of the molecule is CC(C)c1ccccc1-n1c(=O)nc(N2CCN(C(=O)OC(C)(C)C)CC2CO[Si](C)(C)C(C)(C)C)c2ccncc21. The first-order chi connectivity index (χ1) is 19.5. The van der Waals surface area contributed by atoms with Crippen LogP contribution in [0.25, 0.3) is 16.6 Å². The highest BCUT2D eigenvalue weighted by molar-refractivity contribution is 6.74. The van der Waals surface area contributed by atoms with Crippen LogP contribution < -0.4 is 10.6 Å². The van der Waals surface area contributed by atoms with E-state index >= 15 is 0 Å². The second-order valence-electron chi connectivity index (χ2n) is 14.0. The van der Waals surface area contributed by atoms with Gasteiger partial charge in [0.15, 0.2) is 8.32 Å². The van der Waals surface area contributed by atoms with Crippen molar-refractivity contribution in [2.45, 2.75) is 91.1 Å². The van der Waals surface area contributed by atoms with E-state index in [2.05, 4.69) is 57.6 Å². The molecule has 0 N–H and O–H groups in total. The van der Waals surface area contributed by atoms with Crippen molar-refractivity contribution in [3.63, 3.8) is 0 Å². The number of benzene rings is 1. The lowest BCUT2D eigenvalue weighted by atomic mass is 10.0. The molecule has 1 atom stereocenters. The van der Waals surface area contributed by atoms with Crippen LogP contribution in [0.1, 0.15) is 66.9 Å². The molecule has 1 fully saturated rings. The second kappa shape index (κ2) is 11.8. The molecule has 1 unspecified atom stereocenters. The van der Waals surface area contributed by atoms with Gasteiger partial charge in [-0.3, -0.25) is 9.55 Å². The van der Waals surface area contributed by atoms with Crippen molar-refractivity contribution in [2.24, 2.45) is 0 Å². The van der Waals surface area contributed by atoms with Crippen LogP contribution >= 0.6 is 0 Å². The number of fused-ring (bicyclic) bond motifs is 1. The Labute approximate surface area is 251 Å². The van der Waals surface area contributed by atoms with Crippen LogP contribution in [0.2, 0.25) is 18.1 Å². The molecule has 3 aromatic rings. The number of aromatic nitrogens is 3. The van der Waals surface area contributed by atoms with Gasteiger partial charge in [0.1, 0.15) is 11.4 Å². The Morgan fingerprint density at radius 3 is 2.40 bits per heavy atom. The lowest BCUT2D eigenvalue weighted by Gasteiger charge is -2.44. The maximum atomic E-state index is 13.8. The number of hydrogen-bond donors (Lipinski definition) is 0. The zero-order valence-electron chi connectivity index (χ0n) is 26.9. The molecule has 0 bridgehead atoms. The smallest absolute Gasteiger partial charge is 0.410 e. The van der Waals surface area contributed by atoms with Crippen LogP contribution in [0.15, 0.2) is 47.5 Å². The van der Waals surface area contributed by atoms with Crippen molar-refractivity contribution in [3.05, 3.63) is 58.8 Å². The maximum absolute atomic E-state index is 13.8. The predicted molar refractivity (Wildman–Crippen MR) is 171 cm³/mol. The number of hydrogen-bond acceptors (Lipinski definition) is 7. The second-order valence-corrected chi connectivity index (χ2v) is 18.8. The van der Waals surface area contributed by atoms with Gasteiger partial charge in [0.25, 0.3) is 0 Å². The van der Waals surface area contributed by atoms with E-state index in [1.54, 1.807) is 21.9 Å². The fourth-order valence-electron chi connectivity index (χ4n) is 4.98. The van der Waals surface area contributed by atoms with Crippen LogP contribution in [-0.2, 0) is 9.16 Å². The Bertz CT molecular complexity index is 1490. The van der Waals surface area contributed by atoms with Gasteiger partial charge < -0.3 is 19.0 Å². The number of pyridine rings is 1. The Balaban J connectivity index is 1.80. The van der Waals surface area contributed by atoms with E-state index in [0.29, 0.717) is 37.6 Å². The number of para-hydroxylation sites is 1. The van der Waals surface area contributed by atoms with E-state index in [9.17, 15) is 9.59 Å². The Hall–Kier alpha value is -3.24. The zero-order chi connectivity index (χ0) is 31.0. The van der Waals surface area contributed by atoms with Gasteiger partial charge in [-0.2, -0.15) is 4.98 Å². The first-order valence-corrected chi connectivity index (χ1v) is 17.8. The van der Waals surface area contributed by atoms with Gasteiger partial charge in [0, 0.05) is 31.2 Å². The van der Waals surface area contributed by atoms with E-state index in [0.717, 1.165) is 16.6 Å². The molecule has 0 saturated carbocycles. The first-order valence-electron chi connectivity index (χ1n) is 14.8. The predicted octanol–water partition coefficient (Wildman–Crippen LogP) is 6.35. The normalized spacial score (nSPS) is 16.8. The lowest BCUT2D eigenvalue weighted by molar-refractivity contribution is 0.0199. The number of piperazine rings is 1. The summed E-state index contributed by atoms with van der Waals surface area (Å²) in [5.41, 5.74) is 1.60. The van der Waals surface area contributed by atoms with E-state index in [1.165, 1.54) is 0 Å². The molecule has 3 heterocycles. The molecule has 0 radical (unpaired) electrons. The molecule has 10 heteroatoms. The molecule has 1 aliphatic heterocycles. The number of carbonyl (C=O) groups excluding carboxylic acids is 1. The van der Waals surface area contributed by atoms with Crippen molar-refractivity contribution >= 4 is 31.1 Å². The maximum Gasteiger partial charge on any atom is 0.410 e. The Morgan fingerprint density at radius 2 is 1.76 bits per heavy atom. The van der Waals surface area contributed by atoms with Crippen LogP contribution in [-0.4, -0.2) is 71.7 Å². The molecule has 228 valence electrons. The van der Waals surface area contributed by atoms with Crippen molar-refractivity contribution in [3.8, 4) is 5.69 Å². The average molecular weight is 594 g/mol. The molecule has 1 aromatic carbocycles. The summed E-state index contributed by atoms with van der Waals surface area (Å²) in [7, 11) is -2.10. The summed E-state index contributed by atoms with van der Waals surface area (Å²) in [6.07, 6.45) is 3.12. The zero-order valence-corrected chi connectivity index (χ0v) is 27.9. The highest BCUT2D eigenvalue weighted by Crippen LogP contribution is 2.37. The summed E-state index contributed by atoms with van der Waals surface area (Å²) in [5.74, 6) is 0.806. The van der Waals surface area contributed by atoms with Crippen molar-refractivity contribution < 1.29 is 14.0 Å².